The van der Waals surface area contributed by atoms with E-state index in [-0.39, 0.29) is 5.91 Å². The molecule has 0 spiro atoms. The van der Waals surface area contributed by atoms with Crippen LogP contribution in [-0.2, 0) is 0 Å². The topological polar surface area (TPSA) is 46.4 Å². The lowest BCUT2D eigenvalue weighted by molar-refractivity contribution is 0.0955. The second-order valence-electron chi connectivity index (χ2n) is 4.75. The Balaban J connectivity index is 1.64. The maximum absolute atomic E-state index is 12.0. The molecule has 0 unspecified atom stereocenters. The van der Waals surface area contributed by atoms with E-state index in [0.29, 0.717) is 5.56 Å². The third-order valence-corrected chi connectivity index (χ3v) is 3.21. The summed E-state index contributed by atoms with van der Waals surface area (Å²) in [6.45, 7) is 0. The number of hydrogen-bond donors (Lipinski definition) is 1. The smallest absolute Gasteiger partial charge is 0.271 e. The monoisotopic (exact) mass is 289 g/mol. The zero-order valence-corrected chi connectivity index (χ0v) is 11.9. The van der Waals surface area contributed by atoms with Crippen molar-refractivity contribution in [2.75, 3.05) is 0 Å². The molecule has 108 valence electrons. The summed E-state index contributed by atoms with van der Waals surface area (Å²) < 4.78 is 1.98. The number of carbonyl (C=O) groups is 1. The summed E-state index contributed by atoms with van der Waals surface area (Å²) in [5.41, 5.74) is 5.04. The Labute approximate surface area is 128 Å². The maximum Gasteiger partial charge on any atom is 0.271 e. The van der Waals surface area contributed by atoms with Gasteiger partial charge in [-0.2, -0.15) is 5.10 Å². The summed E-state index contributed by atoms with van der Waals surface area (Å²) in [5.74, 6) is -0.230. The highest BCUT2D eigenvalue weighted by molar-refractivity contribution is 5.95. The van der Waals surface area contributed by atoms with Crippen molar-refractivity contribution in [3.63, 3.8) is 0 Å². The first-order valence-corrected chi connectivity index (χ1v) is 6.95. The van der Waals surface area contributed by atoms with E-state index in [1.165, 1.54) is 0 Å². The summed E-state index contributed by atoms with van der Waals surface area (Å²) in [6.07, 6.45) is 5.53. The number of hydrogen-bond acceptors (Lipinski definition) is 2. The molecule has 4 nitrogen and oxygen atoms in total. The summed E-state index contributed by atoms with van der Waals surface area (Å²) in [6, 6.07) is 20.9. The average molecular weight is 289 g/mol. The van der Waals surface area contributed by atoms with Crippen LogP contribution in [0.4, 0.5) is 0 Å². The van der Waals surface area contributed by atoms with E-state index in [9.17, 15) is 4.79 Å². The molecule has 3 aromatic rings. The molecule has 1 amide bonds. The second-order valence-corrected chi connectivity index (χ2v) is 4.75. The number of hydrazone groups is 1. The van der Waals surface area contributed by atoms with Gasteiger partial charge in [-0.15, -0.1) is 0 Å². The number of carbonyl (C=O) groups excluding carboxylic acids is 1. The Morgan fingerprint density at radius 2 is 1.59 bits per heavy atom. The number of amides is 1. The minimum absolute atomic E-state index is 0.230. The van der Waals surface area contributed by atoms with Crippen LogP contribution in [0, 0.1) is 0 Å². The number of nitrogens with zero attached hydrogens (tertiary/aromatic N) is 2. The van der Waals surface area contributed by atoms with Crippen LogP contribution in [-0.4, -0.2) is 16.7 Å². The molecule has 0 aliphatic carbocycles. The van der Waals surface area contributed by atoms with Crippen molar-refractivity contribution in [3.05, 3.63) is 90.3 Å². The molecule has 0 atom stereocenters. The van der Waals surface area contributed by atoms with E-state index < -0.39 is 0 Å². The largest absolute Gasteiger partial charge is 0.324 e. The molecule has 1 N–H and O–H groups in total. The van der Waals surface area contributed by atoms with Crippen molar-refractivity contribution in [2.45, 2.75) is 0 Å². The Bertz CT molecular complexity index is 760. The lowest BCUT2D eigenvalue weighted by Gasteiger charge is -2.04. The van der Waals surface area contributed by atoms with Gasteiger partial charge in [0.2, 0.25) is 0 Å². The number of nitrogens with one attached hydrogen (secondary N) is 1. The van der Waals surface area contributed by atoms with Crippen molar-refractivity contribution in [1.29, 1.82) is 0 Å². The van der Waals surface area contributed by atoms with Gasteiger partial charge >= 0.3 is 0 Å². The van der Waals surface area contributed by atoms with E-state index >= 15 is 0 Å². The molecule has 1 aromatic heterocycles. The van der Waals surface area contributed by atoms with Gasteiger partial charge in [0, 0.05) is 23.6 Å². The fraction of sp³-hybridized carbons (Fsp3) is 0. The first-order chi connectivity index (χ1) is 10.8. The van der Waals surface area contributed by atoms with Crippen LogP contribution in [0.3, 0.4) is 0 Å². The predicted molar refractivity (Wildman–Crippen MR) is 87.3 cm³/mol. The van der Waals surface area contributed by atoms with Crippen LogP contribution in [0.5, 0.6) is 0 Å². The summed E-state index contributed by atoms with van der Waals surface area (Å²) in [7, 11) is 0. The molecule has 4 heteroatoms. The maximum atomic E-state index is 12.0. The molecule has 0 aliphatic rings. The number of benzene rings is 2. The highest BCUT2D eigenvalue weighted by Gasteiger charge is 2.04. The van der Waals surface area contributed by atoms with E-state index in [0.717, 1.165) is 11.3 Å². The first-order valence-electron chi connectivity index (χ1n) is 6.95. The molecule has 1 heterocycles. The van der Waals surface area contributed by atoms with Crippen LogP contribution in [0.1, 0.15) is 15.9 Å². The van der Waals surface area contributed by atoms with Crippen LogP contribution in [0.15, 0.2) is 84.2 Å². The van der Waals surface area contributed by atoms with Crippen LogP contribution < -0.4 is 5.43 Å². The second kappa shape index (κ2) is 6.54. The lowest BCUT2D eigenvalue weighted by Crippen LogP contribution is -2.17. The van der Waals surface area contributed by atoms with E-state index in [1.807, 2.05) is 71.6 Å². The summed E-state index contributed by atoms with van der Waals surface area (Å²) >= 11 is 0. The molecule has 0 bridgehead atoms. The number of rotatable bonds is 4. The Morgan fingerprint density at radius 1 is 0.909 bits per heavy atom. The highest BCUT2D eigenvalue weighted by atomic mass is 16.2. The van der Waals surface area contributed by atoms with Crippen LogP contribution in [0.25, 0.3) is 5.69 Å². The molecule has 0 aliphatic heterocycles. The van der Waals surface area contributed by atoms with Crippen molar-refractivity contribution >= 4 is 12.1 Å². The molecule has 0 saturated heterocycles. The van der Waals surface area contributed by atoms with E-state index in [1.54, 1.807) is 18.3 Å². The van der Waals surface area contributed by atoms with Crippen molar-refractivity contribution < 1.29 is 4.79 Å². The zero-order valence-electron chi connectivity index (χ0n) is 11.9. The lowest BCUT2D eigenvalue weighted by atomic mass is 10.2. The van der Waals surface area contributed by atoms with Gasteiger partial charge in [0.05, 0.1) is 6.21 Å². The van der Waals surface area contributed by atoms with E-state index in [2.05, 4.69) is 10.5 Å². The van der Waals surface area contributed by atoms with Gasteiger partial charge in [-0.3, -0.25) is 4.79 Å². The quantitative estimate of drug-likeness (QED) is 0.581. The van der Waals surface area contributed by atoms with Crippen LogP contribution in [0.2, 0.25) is 0 Å². The normalized spacial score (nSPS) is 10.7. The minimum atomic E-state index is -0.230. The van der Waals surface area contributed by atoms with Gasteiger partial charge in [0.25, 0.3) is 5.91 Å². The van der Waals surface area contributed by atoms with Gasteiger partial charge < -0.3 is 4.57 Å². The van der Waals surface area contributed by atoms with Gasteiger partial charge in [0.15, 0.2) is 0 Å². The first kappa shape index (κ1) is 13.8. The third-order valence-electron chi connectivity index (χ3n) is 3.21. The van der Waals surface area contributed by atoms with Gasteiger partial charge in [-0.25, -0.2) is 5.43 Å². The van der Waals surface area contributed by atoms with Crippen molar-refractivity contribution in [3.8, 4) is 5.69 Å². The molecular formula is C18H15N3O. The van der Waals surface area contributed by atoms with Crippen molar-refractivity contribution in [1.82, 2.24) is 9.99 Å². The fourth-order valence-electron chi connectivity index (χ4n) is 2.06. The van der Waals surface area contributed by atoms with Gasteiger partial charge in [-0.05, 0) is 42.0 Å². The molecule has 22 heavy (non-hydrogen) atoms. The molecule has 0 fully saturated rings. The third kappa shape index (κ3) is 3.30. The molecular weight excluding hydrogens is 274 g/mol. The Kier molecular flexibility index (Phi) is 4.11. The number of aromatic nitrogens is 1. The molecule has 0 radical (unpaired) electrons. The van der Waals surface area contributed by atoms with Crippen molar-refractivity contribution in [2.24, 2.45) is 5.10 Å². The van der Waals surface area contributed by atoms with E-state index in [4.69, 9.17) is 0 Å². The zero-order chi connectivity index (χ0) is 15.2. The SMILES string of the molecule is O=C(N/N=C/c1ccccc1)c1ccc(-n2cccc2)cc1. The van der Waals surface area contributed by atoms with Crippen LogP contribution >= 0.6 is 0 Å². The fourth-order valence-corrected chi connectivity index (χ4v) is 2.06. The predicted octanol–water partition coefficient (Wildman–Crippen LogP) is 3.24. The average Bonchev–Trinajstić information content (AvgIpc) is 3.10. The Morgan fingerprint density at radius 3 is 2.27 bits per heavy atom. The molecule has 0 saturated carbocycles. The highest BCUT2D eigenvalue weighted by Crippen LogP contribution is 2.10. The minimum Gasteiger partial charge on any atom is -0.324 e. The summed E-state index contributed by atoms with van der Waals surface area (Å²) in [5, 5.41) is 3.96. The molecule has 3 rings (SSSR count). The van der Waals surface area contributed by atoms with Gasteiger partial charge in [-0.1, -0.05) is 30.3 Å². The Hall–Kier alpha value is -3.14. The standard InChI is InChI=1S/C18H15N3O/c22-18(20-19-14-15-6-2-1-3-7-15)16-8-10-17(11-9-16)21-12-4-5-13-21/h1-14H,(H,20,22)/b19-14+. The summed E-state index contributed by atoms with van der Waals surface area (Å²) in [4.78, 5) is 12.0. The molecule has 2 aromatic carbocycles. The van der Waals surface area contributed by atoms with Gasteiger partial charge in [0.1, 0.15) is 0 Å².